The zero-order valence-corrected chi connectivity index (χ0v) is 20.2. The van der Waals surface area contributed by atoms with Crippen LogP contribution in [0.15, 0.2) is 53.7 Å². The molecule has 0 radical (unpaired) electrons. The number of hydrogen-bond donors (Lipinski definition) is 1. The lowest BCUT2D eigenvalue weighted by atomic mass is 10.1. The van der Waals surface area contributed by atoms with E-state index in [9.17, 15) is 10.1 Å². The monoisotopic (exact) mass is 476 g/mol. The molecular formula is C25H28N6O2S. The molecule has 1 aliphatic rings. The van der Waals surface area contributed by atoms with Gasteiger partial charge in [0.25, 0.3) is 0 Å². The van der Waals surface area contributed by atoms with E-state index >= 15 is 0 Å². The van der Waals surface area contributed by atoms with Crippen molar-refractivity contribution in [3.8, 4) is 17.5 Å². The molecule has 0 spiro atoms. The zero-order valence-electron chi connectivity index (χ0n) is 19.4. The Morgan fingerprint density at radius 1 is 1.15 bits per heavy atom. The zero-order chi connectivity index (χ0) is 23.9. The Hall–Kier alpha value is -3.35. The number of thioether (sulfide) groups is 1. The van der Waals surface area contributed by atoms with Crippen LogP contribution in [-0.2, 0) is 4.79 Å². The first-order valence-electron chi connectivity index (χ1n) is 11.4. The third-order valence-corrected chi connectivity index (χ3v) is 6.88. The third kappa shape index (κ3) is 5.41. The van der Waals surface area contributed by atoms with Crippen LogP contribution in [0.3, 0.4) is 0 Å². The van der Waals surface area contributed by atoms with Crippen molar-refractivity contribution >= 4 is 23.4 Å². The number of nitrogens with one attached hydrogen (secondary N) is 1. The first-order valence-corrected chi connectivity index (χ1v) is 12.3. The lowest BCUT2D eigenvalue weighted by Crippen LogP contribution is -2.33. The Morgan fingerprint density at radius 3 is 2.59 bits per heavy atom. The number of amides is 1. The molecular weight excluding hydrogens is 448 g/mol. The number of benzene rings is 2. The number of carbonyl (C=O) groups is 1. The van der Waals surface area contributed by atoms with E-state index in [1.807, 2.05) is 28.8 Å². The number of methoxy groups -OCH3 is 1. The largest absolute Gasteiger partial charge is 0.497 e. The van der Waals surface area contributed by atoms with Crippen molar-refractivity contribution < 1.29 is 9.53 Å². The van der Waals surface area contributed by atoms with Crippen molar-refractivity contribution in [1.29, 1.82) is 5.26 Å². The highest BCUT2D eigenvalue weighted by molar-refractivity contribution is 7.99. The Labute approximate surface area is 203 Å². The van der Waals surface area contributed by atoms with E-state index in [0.717, 1.165) is 30.4 Å². The summed E-state index contributed by atoms with van der Waals surface area (Å²) in [5.41, 5.74) is 1.86. The molecule has 1 aromatic heterocycles. The van der Waals surface area contributed by atoms with Crippen molar-refractivity contribution in [2.24, 2.45) is 0 Å². The van der Waals surface area contributed by atoms with Gasteiger partial charge in [-0.05, 0) is 69.3 Å². The number of nitrogens with zero attached hydrogens (tertiary/aromatic N) is 5. The molecule has 9 heteroatoms. The normalized spacial score (nSPS) is 14.9. The van der Waals surface area contributed by atoms with Crippen molar-refractivity contribution in [3.63, 3.8) is 0 Å². The van der Waals surface area contributed by atoms with Gasteiger partial charge in [-0.25, -0.2) is 0 Å². The molecule has 3 aromatic rings. The summed E-state index contributed by atoms with van der Waals surface area (Å²) in [6.45, 7) is 4.25. The van der Waals surface area contributed by atoms with Crippen LogP contribution in [0, 0.1) is 11.3 Å². The summed E-state index contributed by atoms with van der Waals surface area (Å²) in [7, 11) is 1.64. The SMILES string of the molecule is COc1ccc(-n2c(SCC(=O)Nc3ccccc3C#N)nnc2[C@H](C)N2CCCCC2)cc1. The summed E-state index contributed by atoms with van der Waals surface area (Å²) in [6.07, 6.45) is 3.64. The molecule has 0 bridgehead atoms. The van der Waals surface area contributed by atoms with Gasteiger partial charge in [0.1, 0.15) is 11.8 Å². The smallest absolute Gasteiger partial charge is 0.234 e. The fourth-order valence-electron chi connectivity index (χ4n) is 4.09. The Morgan fingerprint density at radius 2 is 1.88 bits per heavy atom. The van der Waals surface area contributed by atoms with Crippen molar-refractivity contribution in [3.05, 3.63) is 59.9 Å². The number of anilines is 1. The number of aromatic nitrogens is 3. The Bertz CT molecular complexity index is 1160. The number of piperidine rings is 1. The minimum absolute atomic E-state index is 0.0978. The van der Waals surface area contributed by atoms with Crippen LogP contribution < -0.4 is 10.1 Å². The lowest BCUT2D eigenvalue weighted by molar-refractivity contribution is -0.113. The Balaban J connectivity index is 1.56. The minimum atomic E-state index is -0.206. The number of hydrogen-bond acceptors (Lipinski definition) is 7. The molecule has 1 aliphatic heterocycles. The van der Waals surface area contributed by atoms with Crippen molar-refractivity contribution in [1.82, 2.24) is 19.7 Å². The van der Waals surface area contributed by atoms with E-state index in [0.29, 0.717) is 16.4 Å². The fraction of sp³-hybridized carbons (Fsp3) is 0.360. The van der Waals surface area contributed by atoms with Gasteiger partial charge in [-0.3, -0.25) is 14.3 Å². The van der Waals surface area contributed by atoms with Gasteiger partial charge in [-0.1, -0.05) is 30.3 Å². The molecule has 1 N–H and O–H groups in total. The quantitative estimate of drug-likeness (QED) is 0.481. The summed E-state index contributed by atoms with van der Waals surface area (Å²) >= 11 is 1.32. The van der Waals surface area contributed by atoms with Crippen LogP contribution in [0.25, 0.3) is 5.69 Å². The first kappa shape index (κ1) is 23.8. The summed E-state index contributed by atoms with van der Waals surface area (Å²) in [6, 6.07) is 16.9. The summed E-state index contributed by atoms with van der Waals surface area (Å²) in [5, 5.41) is 21.7. The van der Waals surface area contributed by atoms with Crippen molar-refractivity contribution in [2.75, 3.05) is 31.3 Å². The maximum absolute atomic E-state index is 12.6. The van der Waals surface area contributed by atoms with Crippen LogP contribution in [0.2, 0.25) is 0 Å². The highest BCUT2D eigenvalue weighted by Gasteiger charge is 2.26. The molecule has 8 nitrogen and oxygen atoms in total. The van der Waals surface area contributed by atoms with E-state index in [2.05, 4.69) is 33.4 Å². The number of ether oxygens (including phenoxy) is 1. The van der Waals surface area contributed by atoms with Crippen LogP contribution >= 0.6 is 11.8 Å². The number of nitriles is 1. The second-order valence-corrected chi connectivity index (χ2v) is 9.08. The average Bonchev–Trinajstić information content (AvgIpc) is 3.32. The average molecular weight is 477 g/mol. The van der Waals surface area contributed by atoms with Gasteiger partial charge >= 0.3 is 0 Å². The molecule has 0 unspecified atom stereocenters. The Kier molecular flexibility index (Phi) is 7.83. The molecule has 1 saturated heterocycles. The number of rotatable bonds is 8. The van der Waals surface area contributed by atoms with E-state index in [-0.39, 0.29) is 17.7 Å². The highest BCUT2D eigenvalue weighted by Crippen LogP contribution is 2.30. The van der Waals surface area contributed by atoms with E-state index < -0.39 is 0 Å². The first-order chi connectivity index (χ1) is 16.6. The molecule has 0 aliphatic carbocycles. The highest BCUT2D eigenvalue weighted by atomic mass is 32.2. The number of carbonyl (C=O) groups excluding carboxylic acids is 1. The molecule has 34 heavy (non-hydrogen) atoms. The third-order valence-electron chi connectivity index (χ3n) is 5.96. The van der Waals surface area contributed by atoms with Gasteiger partial charge in [0, 0.05) is 5.69 Å². The van der Waals surface area contributed by atoms with Crippen molar-refractivity contribution in [2.45, 2.75) is 37.4 Å². The van der Waals surface area contributed by atoms with Gasteiger partial charge in [-0.15, -0.1) is 10.2 Å². The van der Waals surface area contributed by atoms with Crippen LogP contribution in [0.4, 0.5) is 5.69 Å². The summed E-state index contributed by atoms with van der Waals surface area (Å²) in [5.74, 6) is 1.56. The van der Waals surface area contributed by atoms with Gasteiger partial charge in [0.05, 0.1) is 30.2 Å². The molecule has 1 amide bonds. The van der Waals surface area contributed by atoms with Gasteiger partial charge < -0.3 is 10.1 Å². The molecule has 0 saturated carbocycles. The predicted molar refractivity (Wildman–Crippen MR) is 132 cm³/mol. The topological polar surface area (TPSA) is 96.1 Å². The predicted octanol–water partition coefficient (Wildman–Crippen LogP) is 4.43. The molecule has 1 atom stereocenters. The van der Waals surface area contributed by atoms with E-state index in [1.165, 1.54) is 31.0 Å². The van der Waals surface area contributed by atoms with Gasteiger partial charge in [0.15, 0.2) is 11.0 Å². The van der Waals surface area contributed by atoms with Crippen LogP contribution in [0.1, 0.15) is 43.6 Å². The second-order valence-electron chi connectivity index (χ2n) is 8.14. The summed E-state index contributed by atoms with van der Waals surface area (Å²) < 4.78 is 7.34. The second kappa shape index (κ2) is 11.2. The molecule has 4 rings (SSSR count). The summed E-state index contributed by atoms with van der Waals surface area (Å²) in [4.78, 5) is 15.1. The van der Waals surface area contributed by atoms with E-state index in [4.69, 9.17) is 4.74 Å². The molecule has 1 fully saturated rings. The van der Waals surface area contributed by atoms with Gasteiger partial charge in [-0.2, -0.15) is 5.26 Å². The molecule has 2 heterocycles. The lowest BCUT2D eigenvalue weighted by Gasteiger charge is -2.31. The molecule has 176 valence electrons. The van der Waals surface area contributed by atoms with Crippen LogP contribution in [-0.4, -0.2) is 51.5 Å². The standard InChI is InChI=1S/C25H28N6O2S/c1-18(30-14-6-3-7-15-30)24-28-29-25(31(24)20-10-12-21(33-2)13-11-20)34-17-23(32)27-22-9-5-4-8-19(22)16-26/h4-5,8-13,18H,3,6-7,14-15,17H2,1-2H3,(H,27,32)/t18-/m0/s1. The molecule has 2 aromatic carbocycles. The fourth-order valence-corrected chi connectivity index (χ4v) is 4.85. The van der Waals surface area contributed by atoms with E-state index in [1.54, 1.807) is 31.4 Å². The van der Waals surface area contributed by atoms with Gasteiger partial charge in [0.2, 0.25) is 5.91 Å². The van der Waals surface area contributed by atoms with Crippen LogP contribution in [0.5, 0.6) is 5.75 Å². The number of para-hydroxylation sites is 1. The maximum atomic E-state index is 12.6. The maximum Gasteiger partial charge on any atom is 0.234 e. The number of likely N-dealkylation sites (tertiary alicyclic amines) is 1. The minimum Gasteiger partial charge on any atom is -0.497 e.